The number of carboxylic acid groups (broad SMARTS) is 1. The van der Waals surface area contributed by atoms with Gasteiger partial charge in [-0.15, -0.1) is 0 Å². The first kappa shape index (κ1) is 18.6. The maximum absolute atomic E-state index is 11.4. The van der Waals surface area contributed by atoms with Gasteiger partial charge in [-0.05, 0) is 53.5 Å². The molecule has 0 aliphatic rings. The van der Waals surface area contributed by atoms with E-state index in [-0.39, 0.29) is 6.04 Å². The molecule has 0 saturated heterocycles. The number of aliphatic carboxylic acids is 1. The van der Waals surface area contributed by atoms with Crippen molar-refractivity contribution in [2.24, 2.45) is 5.10 Å². The molecule has 23 heavy (non-hydrogen) atoms. The standard InChI is InChI=1S/C14H16BrN3O5/c1-8(2)17-13(21)14(22)18-16-6-9-3-4-11(10(15)5-9)23-7-12(19)20/h3-6,8H,7H2,1-2H3,(H,17,21)(H,18,22)(H,19,20)/b16-6-. The monoisotopic (exact) mass is 385 g/mol. The van der Waals surface area contributed by atoms with Crippen molar-refractivity contribution >= 4 is 39.9 Å². The number of amides is 2. The fourth-order valence-corrected chi connectivity index (χ4v) is 1.91. The minimum Gasteiger partial charge on any atom is -0.481 e. The smallest absolute Gasteiger partial charge is 0.341 e. The third kappa shape index (κ3) is 6.92. The predicted molar refractivity (Wildman–Crippen MR) is 86.3 cm³/mol. The van der Waals surface area contributed by atoms with Crippen LogP contribution in [0.5, 0.6) is 5.75 Å². The lowest BCUT2D eigenvalue weighted by Crippen LogP contribution is -2.41. The van der Waals surface area contributed by atoms with Crippen LogP contribution < -0.4 is 15.5 Å². The zero-order valence-corrected chi connectivity index (χ0v) is 14.1. The highest BCUT2D eigenvalue weighted by Gasteiger charge is 2.12. The first-order valence-electron chi connectivity index (χ1n) is 6.57. The lowest BCUT2D eigenvalue weighted by Gasteiger charge is -2.07. The van der Waals surface area contributed by atoms with Crippen LogP contribution in [0.25, 0.3) is 0 Å². The molecule has 1 aromatic rings. The van der Waals surface area contributed by atoms with Crippen molar-refractivity contribution in [2.75, 3.05) is 6.61 Å². The van der Waals surface area contributed by atoms with Gasteiger partial charge in [0.2, 0.25) is 0 Å². The average molecular weight is 386 g/mol. The van der Waals surface area contributed by atoms with Crippen molar-refractivity contribution in [3.8, 4) is 5.75 Å². The molecule has 0 aliphatic heterocycles. The van der Waals surface area contributed by atoms with E-state index < -0.39 is 24.4 Å². The third-order valence-corrected chi connectivity index (χ3v) is 2.93. The Bertz CT molecular complexity index is 631. The van der Waals surface area contributed by atoms with Crippen molar-refractivity contribution in [1.82, 2.24) is 10.7 Å². The van der Waals surface area contributed by atoms with Crippen molar-refractivity contribution in [1.29, 1.82) is 0 Å². The third-order valence-electron chi connectivity index (χ3n) is 2.31. The summed E-state index contributed by atoms with van der Waals surface area (Å²) in [6.45, 7) is 3.02. The van der Waals surface area contributed by atoms with Gasteiger partial charge in [-0.1, -0.05) is 0 Å². The van der Waals surface area contributed by atoms with E-state index in [0.29, 0.717) is 15.8 Å². The van der Waals surface area contributed by atoms with E-state index >= 15 is 0 Å². The Hall–Kier alpha value is -2.42. The molecule has 0 heterocycles. The second-order valence-electron chi connectivity index (χ2n) is 4.70. The number of carbonyl (C=O) groups is 3. The van der Waals surface area contributed by atoms with E-state index in [0.717, 1.165) is 0 Å². The fourth-order valence-electron chi connectivity index (χ4n) is 1.40. The second-order valence-corrected chi connectivity index (χ2v) is 5.55. The van der Waals surface area contributed by atoms with E-state index in [4.69, 9.17) is 9.84 Å². The molecule has 9 heteroatoms. The van der Waals surface area contributed by atoms with Crippen molar-refractivity contribution in [2.45, 2.75) is 19.9 Å². The molecule has 0 fully saturated rings. The highest BCUT2D eigenvalue weighted by Crippen LogP contribution is 2.25. The number of ether oxygens (including phenoxy) is 1. The molecule has 0 aromatic heterocycles. The Balaban J connectivity index is 2.60. The molecular formula is C14H16BrN3O5. The van der Waals surface area contributed by atoms with Crippen LogP contribution in [0.15, 0.2) is 27.8 Å². The van der Waals surface area contributed by atoms with Gasteiger partial charge < -0.3 is 15.2 Å². The summed E-state index contributed by atoms with van der Waals surface area (Å²) in [7, 11) is 0. The highest BCUT2D eigenvalue weighted by atomic mass is 79.9. The number of rotatable bonds is 6. The molecule has 2 amide bonds. The van der Waals surface area contributed by atoms with Gasteiger partial charge in [0.15, 0.2) is 6.61 Å². The number of hydrazone groups is 1. The number of nitrogens with one attached hydrogen (secondary N) is 2. The van der Waals surface area contributed by atoms with Gasteiger partial charge in [0.1, 0.15) is 5.75 Å². The second kappa shape index (κ2) is 8.89. The van der Waals surface area contributed by atoms with Crippen LogP contribution >= 0.6 is 15.9 Å². The molecule has 0 radical (unpaired) electrons. The van der Waals surface area contributed by atoms with Crippen LogP contribution in [0, 0.1) is 0 Å². The number of benzene rings is 1. The Morgan fingerprint density at radius 3 is 2.61 bits per heavy atom. The molecule has 1 aromatic carbocycles. The van der Waals surface area contributed by atoms with Gasteiger partial charge in [0.05, 0.1) is 10.7 Å². The summed E-state index contributed by atoms with van der Waals surface area (Å²) >= 11 is 3.24. The summed E-state index contributed by atoms with van der Waals surface area (Å²) < 4.78 is 5.58. The Kier molecular flexibility index (Phi) is 7.20. The molecule has 8 nitrogen and oxygen atoms in total. The maximum Gasteiger partial charge on any atom is 0.341 e. The van der Waals surface area contributed by atoms with Crippen LogP contribution in [0.1, 0.15) is 19.4 Å². The van der Waals surface area contributed by atoms with E-state index in [1.807, 2.05) is 0 Å². The summed E-state index contributed by atoms with van der Waals surface area (Å²) in [4.78, 5) is 33.2. The molecule has 0 saturated carbocycles. The predicted octanol–water partition coefficient (Wildman–Crippen LogP) is 0.887. The highest BCUT2D eigenvalue weighted by molar-refractivity contribution is 9.10. The van der Waals surface area contributed by atoms with Crippen LogP contribution in [-0.2, 0) is 14.4 Å². The van der Waals surface area contributed by atoms with E-state index in [1.54, 1.807) is 32.0 Å². The summed E-state index contributed by atoms with van der Waals surface area (Å²) in [6.07, 6.45) is 1.34. The maximum atomic E-state index is 11.4. The molecule has 0 aliphatic carbocycles. The normalized spacial score (nSPS) is 10.6. The topological polar surface area (TPSA) is 117 Å². The van der Waals surface area contributed by atoms with Gasteiger partial charge in [0, 0.05) is 6.04 Å². The molecular weight excluding hydrogens is 370 g/mol. The largest absolute Gasteiger partial charge is 0.481 e. The molecule has 124 valence electrons. The summed E-state index contributed by atoms with van der Waals surface area (Å²) in [5, 5.41) is 14.7. The lowest BCUT2D eigenvalue weighted by molar-refractivity contribution is -0.139. The Morgan fingerprint density at radius 2 is 2.04 bits per heavy atom. The molecule has 0 bridgehead atoms. The van der Waals surface area contributed by atoms with Crippen LogP contribution in [0.4, 0.5) is 0 Å². The Morgan fingerprint density at radius 1 is 1.35 bits per heavy atom. The van der Waals surface area contributed by atoms with E-state index in [2.05, 4.69) is 31.8 Å². The fraction of sp³-hybridized carbons (Fsp3) is 0.286. The molecule has 3 N–H and O–H groups in total. The zero-order valence-electron chi connectivity index (χ0n) is 12.5. The first-order chi connectivity index (χ1) is 10.8. The average Bonchev–Trinajstić information content (AvgIpc) is 2.45. The number of hydrogen-bond donors (Lipinski definition) is 3. The minimum absolute atomic E-state index is 0.147. The summed E-state index contributed by atoms with van der Waals surface area (Å²) in [6, 6.07) is 4.65. The SMILES string of the molecule is CC(C)NC(=O)C(=O)N/N=C\c1ccc(OCC(=O)O)c(Br)c1. The first-order valence-corrected chi connectivity index (χ1v) is 7.37. The van der Waals surface area contributed by atoms with Crippen LogP contribution in [0.2, 0.25) is 0 Å². The number of carbonyl (C=O) groups excluding carboxylic acids is 2. The van der Waals surface area contributed by atoms with E-state index in [1.165, 1.54) is 6.21 Å². The van der Waals surface area contributed by atoms with Crippen LogP contribution in [-0.4, -0.2) is 41.8 Å². The zero-order chi connectivity index (χ0) is 17.4. The van der Waals surface area contributed by atoms with Crippen molar-refractivity contribution in [3.05, 3.63) is 28.2 Å². The number of halogens is 1. The molecule has 0 atom stereocenters. The number of nitrogens with zero attached hydrogens (tertiary/aromatic N) is 1. The number of hydrogen-bond acceptors (Lipinski definition) is 5. The van der Waals surface area contributed by atoms with Gasteiger partial charge >= 0.3 is 17.8 Å². The molecule has 0 spiro atoms. The minimum atomic E-state index is -1.08. The van der Waals surface area contributed by atoms with Gasteiger partial charge in [-0.25, -0.2) is 10.2 Å². The van der Waals surface area contributed by atoms with Gasteiger partial charge in [-0.2, -0.15) is 5.10 Å². The summed E-state index contributed by atoms with van der Waals surface area (Å²) in [5.74, 6) is -2.35. The van der Waals surface area contributed by atoms with Crippen molar-refractivity contribution < 1.29 is 24.2 Å². The van der Waals surface area contributed by atoms with Crippen molar-refractivity contribution in [3.63, 3.8) is 0 Å². The van der Waals surface area contributed by atoms with Crippen LogP contribution in [0.3, 0.4) is 0 Å². The van der Waals surface area contributed by atoms with Gasteiger partial charge in [0.25, 0.3) is 0 Å². The van der Waals surface area contributed by atoms with Gasteiger partial charge in [-0.3, -0.25) is 9.59 Å². The quantitative estimate of drug-likeness (QED) is 0.381. The molecule has 1 rings (SSSR count). The Labute approximate surface area is 141 Å². The number of carboxylic acids is 1. The molecule has 0 unspecified atom stereocenters. The lowest BCUT2D eigenvalue weighted by atomic mass is 10.2. The summed E-state index contributed by atoms with van der Waals surface area (Å²) in [5.41, 5.74) is 2.72. The van der Waals surface area contributed by atoms with E-state index in [9.17, 15) is 14.4 Å².